The Kier molecular flexibility index (Phi) is 7.01. The molecule has 1 N–H and O–H groups in total. The van der Waals surface area contributed by atoms with E-state index in [9.17, 15) is 0 Å². The molecule has 2 unspecified atom stereocenters. The van der Waals surface area contributed by atoms with Gasteiger partial charge in [-0.3, -0.25) is 0 Å². The smallest absolute Gasteiger partial charge is 0.0808 e. The Morgan fingerprint density at radius 1 is 1.31 bits per heavy atom. The van der Waals surface area contributed by atoms with Crippen LogP contribution in [-0.2, 0) is 9.47 Å². The topological polar surface area (TPSA) is 30.5 Å². The number of nitrogens with one attached hydrogen (secondary N) is 1. The molecule has 0 saturated carbocycles. The third-order valence-electron chi connectivity index (χ3n) is 3.29. The van der Waals surface area contributed by atoms with E-state index in [1.54, 1.807) is 0 Å². The fourth-order valence-corrected chi connectivity index (χ4v) is 1.75. The molecule has 0 aromatic heterocycles. The first-order valence-electron chi connectivity index (χ1n) is 6.63. The summed E-state index contributed by atoms with van der Waals surface area (Å²) in [7, 11) is 0. The summed E-state index contributed by atoms with van der Waals surface area (Å²) in [5, 5.41) is 3.45. The quantitative estimate of drug-likeness (QED) is 0.679. The van der Waals surface area contributed by atoms with Gasteiger partial charge in [-0.15, -0.1) is 0 Å². The van der Waals surface area contributed by atoms with Crippen LogP contribution in [0.2, 0.25) is 0 Å². The minimum atomic E-state index is 0.344. The van der Waals surface area contributed by atoms with Crippen LogP contribution < -0.4 is 5.32 Å². The van der Waals surface area contributed by atoms with Crippen LogP contribution in [0.15, 0.2) is 0 Å². The van der Waals surface area contributed by atoms with Crippen molar-refractivity contribution in [3.05, 3.63) is 0 Å². The van der Waals surface area contributed by atoms with E-state index in [1.165, 1.54) is 12.8 Å². The molecule has 1 fully saturated rings. The van der Waals surface area contributed by atoms with Gasteiger partial charge in [0, 0.05) is 19.2 Å². The summed E-state index contributed by atoms with van der Waals surface area (Å²) in [4.78, 5) is 0. The van der Waals surface area contributed by atoms with Gasteiger partial charge in [-0.1, -0.05) is 13.8 Å². The summed E-state index contributed by atoms with van der Waals surface area (Å²) in [6, 6.07) is 0.564. The normalized spacial score (nSPS) is 23.6. The van der Waals surface area contributed by atoms with Crippen molar-refractivity contribution in [2.75, 3.05) is 26.4 Å². The van der Waals surface area contributed by atoms with Gasteiger partial charge in [0.25, 0.3) is 0 Å². The first kappa shape index (κ1) is 13.9. The zero-order chi connectivity index (χ0) is 11.8. The summed E-state index contributed by atoms with van der Waals surface area (Å²) in [5.74, 6) is 0.682. The molecule has 3 heteroatoms. The molecule has 0 radical (unpaired) electrons. The average Bonchev–Trinajstić information content (AvgIpc) is 2.29. The van der Waals surface area contributed by atoms with E-state index in [4.69, 9.17) is 9.47 Å². The second kappa shape index (κ2) is 8.04. The summed E-state index contributed by atoms with van der Waals surface area (Å²) >= 11 is 0. The Morgan fingerprint density at radius 2 is 2.12 bits per heavy atom. The molecule has 1 aliphatic rings. The van der Waals surface area contributed by atoms with Crippen LogP contribution in [0, 0.1) is 5.92 Å². The molecule has 0 aliphatic carbocycles. The Balaban J connectivity index is 1.91. The van der Waals surface area contributed by atoms with Crippen LogP contribution in [0.4, 0.5) is 0 Å². The third kappa shape index (κ3) is 5.83. The molecule has 0 spiro atoms. The zero-order valence-electron chi connectivity index (χ0n) is 11.0. The van der Waals surface area contributed by atoms with Crippen molar-refractivity contribution in [3.8, 4) is 0 Å². The summed E-state index contributed by atoms with van der Waals surface area (Å²) in [6.07, 6.45) is 4.01. The zero-order valence-corrected chi connectivity index (χ0v) is 11.0. The highest BCUT2D eigenvalue weighted by atomic mass is 16.5. The van der Waals surface area contributed by atoms with Crippen molar-refractivity contribution < 1.29 is 9.47 Å². The molecule has 1 aliphatic heterocycles. The molecule has 3 nitrogen and oxygen atoms in total. The molecule has 1 rings (SSSR count). The summed E-state index contributed by atoms with van der Waals surface area (Å²) in [6.45, 7) is 10.1. The SMILES string of the molecule is CC(C)C(C)NCCOCC1CCCCO1. The lowest BCUT2D eigenvalue weighted by Gasteiger charge is -2.22. The van der Waals surface area contributed by atoms with Crippen LogP contribution in [0.1, 0.15) is 40.0 Å². The number of hydrogen-bond donors (Lipinski definition) is 1. The van der Waals surface area contributed by atoms with Gasteiger partial charge in [-0.2, -0.15) is 0 Å². The van der Waals surface area contributed by atoms with Gasteiger partial charge in [0.05, 0.1) is 19.3 Å². The lowest BCUT2D eigenvalue weighted by atomic mass is 10.1. The molecule has 1 heterocycles. The third-order valence-corrected chi connectivity index (χ3v) is 3.29. The van der Waals surface area contributed by atoms with E-state index in [2.05, 4.69) is 26.1 Å². The van der Waals surface area contributed by atoms with E-state index in [0.29, 0.717) is 18.1 Å². The van der Waals surface area contributed by atoms with E-state index < -0.39 is 0 Å². The number of ether oxygens (including phenoxy) is 2. The van der Waals surface area contributed by atoms with Crippen LogP contribution in [0.3, 0.4) is 0 Å². The molecule has 2 atom stereocenters. The Morgan fingerprint density at radius 3 is 2.75 bits per heavy atom. The molecule has 16 heavy (non-hydrogen) atoms. The minimum absolute atomic E-state index is 0.344. The van der Waals surface area contributed by atoms with Gasteiger partial charge in [-0.25, -0.2) is 0 Å². The van der Waals surface area contributed by atoms with Gasteiger partial charge < -0.3 is 14.8 Å². The van der Waals surface area contributed by atoms with E-state index in [1.807, 2.05) is 0 Å². The maximum atomic E-state index is 5.62. The molecule has 0 bridgehead atoms. The van der Waals surface area contributed by atoms with Crippen molar-refractivity contribution in [2.45, 2.75) is 52.2 Å². The van der Waals surface area contributed by atoms with Crippen LogP contribution in [0.5, 0.6) is 0 Å². The monoisotopic (exact) mass is 229 g/mol. The largest absolute Gasteiger partial charge is 0.377 e. The number of hydrogen-bond acceptors (Lipinski definition) is 3. The second-order valence-corrected chi connectivity index (χ2v) is 5.05. The fourth-order valence-electron chi connectivity index (χ4n) is 1.75. The van der Waals surface area contributed by atoms with Gasteiger partial charge in [0.15, 0.2) is 0 Å². The van der Waals surface area contributed by atoms with Crippen LogP contribution in [0.25, 0.3) is 0 Å². The standard InChI is InChI=1S/C13H27NO2/c1-11(2)12(3)14-7-9-15-10-13-6-4-5-8-16-13/h11-14H,4-10H2,1-3H3. The predicted octanol–water partition coefficient (Wildman–Crippen LogP) is 2.21. The predicted molar refractivity (Wildman–Crippen MR) is 66.7 cm³/mol. The first-order valence-corrected chi connectivity index (χ1v) is 6.63. The van der Waals surface area contributed by atoms with Gasteiger partial charge >= 0.3 is 0 Å². The van der Waals surface area contributed by atoms with Gasteiger partial charge in [0.2, 0.25) is 0 Å². The van der Waals surface area contributed by atoms with Crippen LogP contribution in [-0.4, -0.2) is 38.5 Å². The lowest BCUT2D eigenvalue weighted by molar-refractivity contribution is -0.0401. The lowest BCUT2D eigenvalue weighted by Crippen LogP contribution is -2.34. The highest BCUT2D eigenvalue weighted by molar-refractivity contribution is 4.65. The maximum absolute atomic E-state index is 5.62. The molecule has 0 aromatic carbocycles. The van der Waals surface area contributed by atoms with E-state index in [0.717, 1.165) is 32.8 Å². The summed E-state index contributed by atoms with van der Waals surface area (Å²) in [5.41, 5.74) is 0. The highest BCUT2D eigenvalue weighted by Crippen LogP contribution is 2.12. The van der Waals surface area contributed by atoms with Crippen molar-refractivity contribution in [2.24, 2.45) is 5.92 Å². The fraction of sp³-hybridized carbons (Fsp3) is 1.00. The highest BCUT2D eigenvalue weighted by Gasteiger charge is 2.13. The number of rotatable bonds is 7. The second-order valence-electron chi connectivity index (χ2n) is 5.05. The molecule has 1 saturated heterocycles. The van der Waals surface area contributed by atoms with E-state index in [-0.39, 0.29) is 0 Å². The van der Waals surface area contributed by atoms with Crippen molar-refractivity contribution in [3.63, 3.8) is 0 Å². The average molecular weight is 229 g/mol. The van der Waals surface area contributed by atoms with Crippen molar-refractivity contribution in [1.82, 2.24) is 5.32 Å². The molecular weight excluding hydrogens is 202 g/mol. The van der Waals surface area contributed by atoms with E-state index >= 15 is 0 Å². The van der Waals surface area contributed by atoms with Gasteiger partial charge in [0.1, 0.15) is 0 Å². The molecule has 0 amide bonds. The van der Waals surface area contributed by atoms with Crippen molar-refractivity contribution in [1.29, 1.82) is 0 Å². The minimum Gasteiger partial charge on any atom is -0.377 e. The molecular formula is C13H27NO2. The van der Waals surface area contributed by atoms with Gasteiger partial charge in [-0.05, 0) is 32.1 Å². The van der Waals surface area contributed by atoms with Crippen LogP contribution >= 0.6 is 0 Å². The Labute approximate surface area is 99.9 Å². The first-order chi connectivity index (χ1) is 7.70. The van der Waals surface area contributed by atoms with Crippen molar-refractivity contribution >= 4 is 0 Å². The Hall–Kier alpha value is -0.120. The Bertz CT molecular complexity index is 167. The molecule has 0 aromatic rings. The molecule has 96 valence electrons. The summed E-state index contributed by atoms with van der Waals surface area (Å²) < 4.78 is 11.2. The maximum Gasteiger partial charge on any atom is 0.0808 e.